The highest BCUT2D eigenvalue weighted by Gasteiger charge is 2.37. The molecule has 3 saturated heterocycles. The lowest BCUT2D eigenvalue weighted by Gasteiger charge is -2.48. The van der Waals surface area contributed by atoms with Gasteiger partial charge in [0.1, 0.15) is 0 Å². The molecule has 3 heterocycles. The van der Waals surface area contributed by atoms with Gasteiger partial charge in [0.05, 0.1) is 0 Å². The molecule has 1 saturated carbocycles. The van der Waals surface area contributed by atoms with E-state index in [0.717, 1.165) is 18.0 Å². The molecule has 2 heteroatoms. The van der Waals surface area contributed by atoms with Crippen LogP contribution in [0, 0.1) is 5.92 Å². The molecule has 2 nitrogen and oxygen atoms in total. The Bertz CT molecular complexity index is 146. The molecule has 4 fully saturated rings. The lowest BCUT2D eigenvalue weighted by Crippen LogP contribution is -2.66. The Balaban J connectivity index is 1.54. The van der Waals surface area contributed by atoms with Crippen molar-refractivity contribution in [2.75, 3.05) is 19.6 Å². The van der Waals surface area contributed by atoms with Crippen LogP contribution in [0.4, 0.5) is 0 Å². The molecule has 2 atom stereocenters. The molecule has 4 aliphatic rings. The number of hydrogen-bond acceptors (Lipinski definition) is 2. The van der Waals surface area contributed by atoms with E-state index in [1.807, 2.05) is 0 Å². The van der Waals surface area contributed by atoms with Crippen LogP contribution in [0.1, 0.15) is 19.3 Å². The van der Waals surface area contributed by atoms with Crippen LogP contribution >= 0.6 is 0 Å². The number of nitrogens with one attached hydrogen (secondary N) is 1. The van der Waals surface area contributed by atoms with E-state index in [1.165, 1.54) is 38.9 Å². The predicted octanol–water partition coefficient (Wildman–Crippen LogP) is 0.442. The fourth-order valence-corrected chi connectivity index (χ4v) is 2.42. The first-order chi connectivity index (χ1) is 5.40. The van der Waals surface area contributed by atoms with Gasteiger partial charge in [0.15, 0.2) is 0 Å². The van der Waals surface area contributed by atoms with Crippen LogP contribution in [-0.2, 0) is 0 Å². The first-order valence-corrected chi connectivity index (χ1v) is 4.88. The van der Waals surface area contributed by atoms with Gasteiger partial charge in [0.2, 0.25) is 0 Å². The number of piperazine rings is 1. The molecule has 62 valence electrons. The average molecular weight is 152 g/mol. The summed E-state index contributed by atoms with van der Waals surface area (Å²) in [4.78, 5) is 2.66. The minimum atomic E-state index is 0.854. The second-order valence-electron chi connectivity index (χ2n) is 4.46. The molecule has 0 radical (unpaired) electrons. The van der Waals surface area contributed by atoms with Gasteiger partial charge in [-0.15, -0.1) is 0 Å². The van der Waals surface area contributed by atoms with Gasteiger partial charge in [-0.25, -0.2) is 0 Å². The second kappa shape index (κ2) is 2.20. The van der Waals surface area contributed by atoms with Crippen LogP contribution in [0.2, 0.25) is 0 Å². The topological polar surface area (TPSA) is 15.3 Å². The molecular weight excluding hydrogens is 136 g/mol. The Labute approximate surface area is 68.0 Å². The standard InChI is InChI=1S/C9H16N2/c1-2-7(1)4-11-5-8-3-9(6-11)10-8/h7-10H,1-6H2. The first-order valence-electron chi connectivity index (χ1n) is 4.88. The smallest absolute Gasteiger partial charge is 0.0213 e. The zero-order valence-corrected chi connectivity index (χ0v) is 6.92. The van der Waals surface area contributed by atoms with E-state index in [4.69, 9.17) is 0 Å². The Morgan fingerprint density at radius 3 is 2.36 bits per heavy atom. The maximum Gasteiger partial charge on any atom is 0.0213 e. The highest BCUT2D eigenvalue weighted by atomic mass is 15.3. The molecule has 0 aromatic rings. The van der Waals surface area contributed by atoms with Crippen molar-refractivity contribution in [1.82, 2.24) is 10.2 Å². The van der Waals surface area contributed by atoms with Crippen molar-refractivity contribution < 1.29 is 0 Å². The summed E-state index contributed by atoms with van der Waals surface area (Å²) in [7, 11) is 0. The minimum absolute atomic E-state index is 0.854. The molecule has 0 amide bonds. The maximum absolute atomic E-state index is 3.56. The molecule has 1 aliphatic carbocycles. The summed E-state index contributed by atoms with van der Waals surface area (Å²) in [6.45, 7) is 4.05. The zero-order chi connectivity index (χ0) is 7.26. The molecule has 3 aliphatic heterocycles. The van der Waals surface area contributed by atoms with Gasteiger partial charge < -0.3 is 5.32 Å². The zero-order valence-electron chi connectivity index (χ0n) is 6.92. The Morgan fingerprint density at radius 1 is 1.18 bits per heavy atom. The highest BCUT2D eigenvalue weighted by molar-refractivity contribution is 4.98. The van der Waals surface area contributed by atoms with Crippen molar-refractivity contribution in [3.8, 4) is 0 Å². The summed E-state index contributed by atoms with van der Waals surface area (Å²) in [5, 5.41) is 3.56. The van der Waals surface area contributed by atoms with Crippen molar-refractivity contribution >= 4 is 0 Å². The monoisotopic (exact) mass is 152 g/mol. The summed E-state index contributed by atoms with van der Waals surface area (Å²) in [5.41, 5.74) is 0. The molecule has 0 spiro atoms. The van der Waals surface area contributed by atoms with Crippen molar-refractivity contribution in [2.45, 2.75) is 31.3 Å². The van der Waals surface area contributed by atoms with Crippen LogP contribution in [0.3, 0.4) is 0 Å². The van der Waals surface area contributed by atoms with Crippen molar-refractivity contribution in [3.63, 3.8) is 0 Å². The van der Waals surface area contributed by atoms with E-state index in [-0.39, 0.29) is 0 Å². The molecule has 0 aromatic carbocycles. The van der Waals surface area contributed by atoms with Gasteiger partial charge in [0.25, 0.3) is 0 Å². The number of piperidine rings is 1. The fourth-order valence-electron chi connectivity index (χ4n) is 2.42. The van der Waals surface area contributed by atoms with Gasteiger partial charge in [0, 0.05) is 31.7 Å². The van der Waals surface area contributed by atoms with Crippen LogP contribution in [0.5, 0.6) is 0 Å². The third-order valence-electron chi connectivity index (χ3n) is 3.21. The van der Waals surface area contributed by atoms with E-state index in [0.29, 0.717) is 0 Å². The first kappa shape index (κ1) is 6.44. The van der Waals surface area contributed by atoms with E-state index in [1.54, 1.807) is 0 Å². The number of nitrogens with zero attached hydrogens (tertiary/aromatic N) is 1. The Morgan fingerprint density at radius 2 is 1.82 bits per heavy atom. The Hall–Kier alpha value is -0.0800. The predicted molar refractivity (Wildman–Crippen MR) is 44.5 cm³/mol. The van der Waals surface area contributed by atoms with E-state index in [2.05, 4.69) is 10.2 Å². The van der Waals surface area contributed by atoms with Gasteiger partial charge in [-0.1, -0.05) is 0 Å². The number of rotatable bonds is 2. The van der Waals surface area contributed by atoms with Crippen molar-refractivity contribution in [2.24, 2.45) is 5.92 Å². The Kier molecular flexibility index (Phi) is 1.29. The van der Waals surface area contributed by atoms with Crippen LogP contribution in [-0.4, -0.2) is 36.6 Å². The summed E-state index contributed by atoms with van der Waals surface area (Å²) in [6, 6.07) is 1.71. The third-order valence-corrected chi connectivity index (χ3v) is 3.21. The fraction of sp³-hybridized carbons (Fsp3) is 1.00. The van der Waals surface area contributed by atoms with Crippen LogP contribution < -0.4 is 5.32 Å². The summed E-state index contributed by atoms with van der Waals surface area (Å²) in [6.07, 6.45) is 4.44. The van der Waals surface area contributed by atoms with Gasteiger partial charge in [-0.3, -0.25) is 4.90 Å². The maximum atomic E-state index is 3.56. The lowest BCUT2D eigenvalue weighted by atomic mass is 9.91. The summed E-state index contributed by atoms with van der Waals surface area (Å²) >= 11 is 0. The number of hydrogen-bond donors (Lipinski definition) is 1. The number of fused-ring (bicyclic) bond motifs is 2. The summed E-state index contributed by atoms with van der Waals surface area (Å²) < 4.78 is 0. The lowest BCUT2D eigenvalue weighted by molar-refractivity contribution is 0.0746. The summed E-state index contributed by atoms with van der Waals surface area (Å²) in [5.74, 6) is 1.08. The van der Waals surface area contributed by atoms with Crippen LogP contribution in [0.25, 0.3) is 0 Å². The SMILES string of the molecule is C1CC1CN1CC2CC(C1)N2. The third kappa shape index (κ3) is 1.18. The molecule has 2 bridgehead atoms. The van der Waals surface area contributed by atoms with Gasteiger partial charge in [-0.05, 0) is 25.2 Å². The molecule has 0 aromatic heterocycles. The average Bonchev–Trinajstić information content (AvgIpc) is 2.70. The quantitative estimate of drug-likeness (QED) is 0.618. The normalized spacial score (nSPS) is 43.6. The van der Waals surface area contributed by atoms with E-state index < -0.39 is 0 Å². The molecule has 1 N–H and O–H groups in total. The molecule has 11 heavy (non-hydrogen) atoms. The van der Waals surface area contributed by atoms with Gasteiger partial charge >= 0.3 is 0 Å². The van der Waals surface area contributed by atoms with Crippen LogP contribution in [0.15, 0.2) is 0 Å². The van der Waals surface area contributed by atoms with Gasteiger partial charge in [-0.2, -0.15) is 0 Å². The van der Waals surface area contributed by atoms with E-state index in [9.17, 15) is 0 Å². The molecular formula is C9H16N2. The largest absolute Gasteiger partial charge is 0.309 e. The van der Waals surface area contributed by atoms with Crippen molar-refractivity contribution in [3.05, 3.63) is 0 Å². The highest BCUT2D eigenvalue weighted by Crippen LogP contribution is 2.31. The molecule has 2 unspecified atom stereocenters. The van der Waals surface area contributed by atoms with Crippen molar-refractivity contribution in [1.29, 1.82) is 0 Å². The second-order valence-corrected chi connectivity index (χ2v) is 4.46. The van der Waals surface area contributed by atoms with E-state index >= 15 is 0 Å². The minimum Gasteiger partial charge on any atom is -0.309 e. The molecule has 4 rings (SSSR count).